The second-order valence-electron chi connectivity index (χ2n) is 20.3. The summed E-state index contributed by atoms with van der Waals surface area (Å²) in [6.07, 6.45) is 7.82. The molecule has 0 N–H and O–H groups in total. The van der Waals surface area contributed by atoms with Crippen LogP contribution in [0.2, 0.25) is 0 Å². The SMILES string of the molecule is C=C/C=C\C=C(/C)c1cc(-c2ccccc2)nc(-c2ccc(-c3ccccc3-n3c4ccccc4c4cc(-c5c(C)cc(C)cc5C)ccc43)c(-n3c4ccccc4c4cc(-c5c(C)cc(C)cc5C)ccc43)c2)n1. The van der Waals surface area contributed by atoms with Gasteiger partial charge in [0.15, 0.2) is 5.82 Å². The van der Waals surface area contributed by atoms with Gasteiger partial charge in [-0.05, 0) is 153 Å². The summed E-state index contributed by atoms with van der Waals surface area (Å²) in [5, 5.41) is 4.83. The van der Waals surface area contributed by atoms with E-state index in [0.29, 0.717) is 5.82 Å². The average molecular weight is 967 g/mol. The summed E-state index contributed by atoms with van der Waals surface area (Å²) in [6.45, 7) is 19.3. The van der Waals surface area contributed by atoms with E-state index in [2.05, 4.69) is 252 Å². The molecule has 3 aromatic heterocycles. The molecule has 0 saturated carbocycles. The molecule has 0 atom stereocenters. The molecule has 3 heterocycles. The van der Waals surface area contributed by atoms with Crippen LogP contribution in [0.3, 0.4) is 0 Å². The average Bonchev–Trinajstić information content (AvgIpc) is 3.94. The molecule has 0 aliphatic rings. The molecule has 0 unspecified atom stereocenters. The first kappa shape index (κ1) is 46.9. The van der Waals surface area contributed by atoms with Crippen LogP contribution in [-0.2, 0) is 0 Å². The maximum absolute atomic E-state index is 5.35. The van der Waals surface area contributed by atoms with Crippen LogP contribution < -0.4 is 0 Å². The highest BCUT2D eigenvalue weighted by molar-refractivity contribution is 6.13. The summed E-state index contributed by atoms with van der Waals surface area (Å²) < 4.78 is 4.94. The van der Waals surface area contributed by atoms with Gasteiger partial charge in [-0.3, -0.25) is 0 Å². The van der Waals surface area contributed by atoms with E-state index in [9.17, 15) is 0 Å². The summed E-state index contributed by atoms with van der Waals surface area (Å²) in [5.74, 6) is 0.651. The van der Waals surface area contributed by atoms with E-state index in [4.69, 9.17) is 9.97 Å². The van der Waals surface area contributed by atoms with Crippen LogP contribution in [0.5, 0.6) is 0 Å². The van der Waals surface area contributed by atoms with Gasteiger partial charge in [0.1, 0.15) is 0 Å². The summed E-state index contributed by atoms with van der Waals surface area (Å²) in [6, 6.07) is 69.2. The third-order valence-electron chi connectivity index (χ3n) is 15.0. The fourth-order valence-corrected chi connectivity index (χ4v) is 11.9. The molecule has 4 heteroatoms. The Kier molecular flexibility index (Phi) is 11.9. The molecule has 0 fully saturated rings. The first-order chi connectivity index (χ1) is 36.5. The van der Waals surface area contributed by atoms with Gasteiger partial charge in [0, 0.05) is 43.8 Å². The summed E-state index contributed by atoms with van der Waals surface area (Å²) in [5.41, 5.74) is 26.3. The monoisotopic (exact) mass is 966 g/mol. The van der Waals surface area contributed by atoms with Crippen molar-refractivity contribution in [3.63, 3.8) is 0 Å². The molecule has 0 aliphatic carbocycles. The predicted octanol–water partition coefficient (Wildman–Crippen LogP) is 19.0. The van der Waals surface area contributed by atoms with Gasteiger partial charge < -0.3 is 9.13 Å². The highest BCUT2D eigenvalue weighted by Gasteiger charge is 2.23. The van der Waals surface area contributed by atoms with E-state index >= 15 is 0 Å². The van der Waals surface area contributed by atoms with Crippen LogP contribution in [0, 0.1) is 41.5 Å². The normalized spacial score (nSPS) is 12.0. The summed E-state index contributed by atoms with van der Waals surface area (Å²) in [7, 11) is 0. The van der Waals surface area contributed by atoms with Crippen molar-refractivity contribution in [3.8, 4) is 67.4 Å². The van der Waals surface area contributed by atoms with Gasteiger partial charge in [-0.15, -0.1) is 0 Å². The van der Waals surface area contributed by atoms with Gasteiger partial charge >= 0.3 is 0 Å². The van der Waals surface area contributed by atoms with Crippen molar-refractivity contribution in [1.29, 1.82) is 0 Å². The molecule has 0 spiro atoms. The third kappa shape index (κ3) is 8.29. The fourth-order valence-electron chi connectivity index (χ4n) is 11.9. The molecule has 12 aromatic rings. The first-order valence-electron chi connectivity index (χ1n) is 25.9. The Balaban J connectivity index is 1.13. The van der Waals surface area contributed by atoms with Crippen molar-refractivity contribution in [1.82, 2.24) is 19.1 Å². The third-order valence-corrected chi connectivity index (χ3v) is 15.0. The maximum Gasteiger partial charge on any atom is 0.160 e. The van der Waals surface area contributed by atoms with Gasteiger partial charge in [0.2, 0.25) is 0 Å². The van der Waals surface area contributed by atoms with Crippen molar-refractivity contribution in [2.45, 2.75) is 48.5 Å². The molecular formula is C71H58N4. The number of aryl methyl sites for hydroxylation is 6. The number of benzene rings is 9. The van der Waals surface area contributed by atoms with Crippen LogP contribution in [0.4, 0.5) is 0 Å². The van der Waals surface area contributed by atoms with Gasteiger partial charge in [0.25, 0.3) is 0 Å². The topological polar surface area (TPSA) is 35.6 Å². The maximum atomic E-state index is 5.35. The summed E-state index contributed by atoms with van der Waals surface area (Å²) in [4.78, 5) is 10.7. The number of nitrogens with zero attached hydrogens (tertiary/aromatic N) is 4. The van der Waals surface area contributed by atoms with E-state index in [0.717, 1.165) is 72.7 Å². The van der Waals surface area contributed by atoms with Gasteiger partial charge in [-0.1, -0.05) is 175 Å². The number of aromatic nitrogens is 4. The number of allylic oxidation sites excluding steroid dienone is 5. The Labute approximate surface area is 440 Å². The standard InChI is InChI=1S/C71H58N4/c1-9-10-12-21-46(4)61-43-62(51-22-13-11-14-23-51)73-71(72-61)54-30-33-58(68(42-54)75-65-29-20-17-26-57(65)60-41-53(32-35-67(60)75)70-49(7)38-45(3)39-50(70)8)55-24-15-18-27-63(55)74-64-28-19-16-25-56(64)59-40-52(31-34-66(59)74)69-47(5)36-44(2)37-48(69)6/h9-43H,1H2,2-8H3/b12-10-,46-21+. The smallest absolute Gasteiger partial charge is 0.160 e. The lowest BCUT2D eigenvalue weighted by Gasteiger charge is -2.20. The lowest BCUT2D eigenvalue weighted by molar-refractivity contribution is 1.14. The van der Waals surface area contributed by atoms with Crippen LogP contribution in [-0.4, -0.2) is 19.1 Å². The van der Waals surface area contributed by atoms with Gasteiger partial charge in [-0.2, -0.15) is 0 Å². The number of fused-ring (bicyclic) bond motifs is 6. The number of para-hydroxylation sites is 3. The van der Waals surface area contributed by atoms with Crippen LogP contribution in [0.25, 0.3) is 117 Å². The van der Waals surface area contributed by atoms with Gasteiger partial charge in [0.05, 0.1) is 44.8 Å². The molecule has 362 valence electrons. The molecule has 4 nitrogen and oxygen atoms in total. The molecule has 75 heavy (non-hydrogen) atoms. The van der Waals surface area contributed by atoms with E-state index in [-0.39, 0.29) is 0 Å². The quantitative estimate of drug-likeness (QED) is 0.128. The molecule has 0 saturated heterocycles. The lowest BCUT2D eigenvalue weighted by Crippen LogP contribution is -2.03. The highest BCUT2D eigenvalue weighted by atomic mass is 15.0. The minimum Gasteiger partial charge on any atom is -0.309 e. The molecule has 0 radical (unpaired) electrons. The zero-order valence-electron chi connectivity index (χ0n) is 43.7. The second-order valence-corrected chi connectivity index (χ2v) is 20.3. The van der Waals surface area contributed by atoms with E-state index < -0.39 is 0 Å². The zero-order chi connectivity index (χ0) is 51.5. The van der Waals surface area contributed by atoms with Crippen LogP contribution in [0.15, 0.2) is 219 Å². The number of rotatable bonds is 10. The van der Waals surface area contributed by atoms with Crippen molar-refractivity contribution in [3.05, 3.63) is 258 Å². The van der Waals surface area contributed by atoms with E-state index in [1.54, 1.807) is 6.08 Å². The molecular weight excluding hydrogens is 909 g/mol. The lowest BCUT2D eigenvalue weighted by atomic mass is 9.93. The largest absolute Gasteiger partial charge is 0.309 e. The van der Waals surface area contributed by atoms with E-state index in [1.807, 2.05) is 18.2 Å². The molecule has 12 rings (SSSR count). The first-order valence-corrected chi connectivity index (χ1v) is 25.9. The number of hydrogen-bond acceptors (Lipinski definition) is 2. The molecule has 0 amide bonds. The Morgan fingerprint density at radius 1 is 0.413 bits per heavy atom. The Hall–Kier alpha value is -9.12. The molecule has 0 aliphatic heterocycles. The fraction of sp³-hybridized carbons (Fsp3) is 0.0986. The summed E-state index contributed by atoms with van der Waals surface area (Å²) >= 11 is 0. The van der Waals surface area contributed by atoms with Crippen molar-refractivity contribution in [2.75, 3.05) is 0 Å². The minimum atomic E-state index is 0.651. The Bertz CT molecular complexity index is 4280. The Morgan fingerprint density at radius 2 is 0.907 bits per heavy atom. The molecule has 9 aromatic carbocycles. The predicted molar refractivity (Wildman–Crippen MR) is 319 cm³/mol. The zero-order valence-corrected chi connectivity index (χ0v) is 43.7. The van der Waals surface area contributed by atoms with E-state index in [1.165, 1.54) is 77.2 Å². The van der Waals surface area contributed by atoms with Crippen LogP contribution in [0.1, 0.15) is 46.0 Å². The highest BCUT2D eigenvalue weighted by Crippen LogP contribution is 2.44. The Morgan fingerprint density at radius 3 is 1.49 bits per heavy atom. The van der Waals surface area contributed by atoms with Crippen LogP contribution >= 0.6 is 0 Å². The minimum absolute atomic E-state index is 0.651. The van der Waals surface area contributed by atoms with Crippen molar-refractivity contribution in [2.24, 2.45) is 0 Å². The second kappa shape index (κ2) is 19.1. The van der Waals surface area contributed by atoms with Crippen molar-refractivity contribution < 1.29 is 0 Å². The van der Waals surface area contributed by atoms with Gasteiger partial charge in [-0.25, -0.2) is 9.97 Å². The van der Waals surface area contributed by atoms with Crippen molar-refractivity contribution >= 4 is 49.2 Å². The molecule has 0 bridgehead atoms. The number of hydrogen-bond donors (Lipinski definition) is 0.